The second-order valence-electron chi connectivity index (χ2n) is 6.67. The molecule has 0 aliphatic rings. The Bertz CT molecular complexity index is 1300. The van der Waals surface area contributed by atoms with Crippen LogP contribution in [0.15, 0.2) is 78.9 Å². The number of thiophene rings is 1. The van der Waals surface area contributed by atoms with E-state index in [1.807, 2.05) is 36.4 Å². The van der Waals surface area contributed by atoms with Crippen molar-refractivity contribution in [2.24, 2.45) is 0 Å². The number of hydrogen-bond donors (Lipinski definition) is 3. The largest absolute Gasteiger partial charge is 0.288 e. The predicted molar refractivity (Wildman–Crippen MR) is 119 cm³/mol. The molecule has 4 aromatic rings. The lowest BCUT2D eigenvalue weighted by molar-refractivity contribution is 0.0711. The molecule has 0 unspecified atom stereocenters. The first kappa shape index (κ1) is 20.1. The zero-order chi connectivity index (χ0) is 21.1. The van der Waals surface area contributed by atoms with Crippen LogP contribution in [0.4, 0.5) is 5.69 Å². The zero-order valence-electron chi connectivity index (χ0n) is 15.7. The smallest absolute Gasteiger partial charge is 0.285 e. The Hall–Kier alpha value is -3.20. The van der Waals surface area contributed by atoms with E-state index in [-0.39, 0.29) is 5.75 Å². The number of rotatable bonds is 6. The lowest BCUT2D eigenvalue weighted by Gasteiger charge is -2.09. The highest BCUT2D eigenvalue weighted by atomic mass is 32.2. The molecule has 0 bridgehead atoms. The summed E-state index contributed by atoms with van der Waals surface area (Å²) in [5.41, 5.74) is 4.23. The molecule has 30 heavy (non-hydrogen) atoms. The van der Waals surface area contributed by atoms with E-state index in [0.717, 1.165) is 15.6 Å². The van der Waals surface area contributed by atoms with Gasteiger partial charge in [0.1, 0.15) is 4.88 Å². The standard InChI is InChI=1S/C22H18N2O4S2/c25-22(23-26)21-20(16-9-5-2-6-10-16)18-13-17(11-12-19(18)29-21)24-30(27,28)14-15-7-3-1-4-8-15/h1-13,24,26H,14H2,(H,23,25). The van der Waals surface area contributed by atoms with E-state index in [9.17, 15) is 13.2 Å². The molecule has 0 spiro atoms. The van der Waals surface area contributed by atoms with Crippen LogP contribution in [0.1, 0.15) is 15.2 Å². The number of anilines is 1. The van der Waals surface area contributed by atoms with Crippen LogP contribution in [-0.2, 0) is 15.8 Å². The fourth-order valence-electron chi connectivity index (χ4n) is 3.27. The summed E-state index contributed by atoms with van der Waals surface area (Å²) in [6, 6.07) is 23.4. The molecule has 1 aromatic heterocycles. The summed E-state index contributed by atoms with van der Waals surface area (Å²) in [5.74, 6) is -0.750. The van der Waals surface area contributed by atoms with Gasteiger partial charge in [-0.15, -0.1) is 11.3 Å². The maximum Gasteiger partial charge on any atom is 0.285 e. The molecule has 1 amide bonds. The van der Waals surface area contributed by atoms with Gasteiger partial charge in [-0.1, -0.05) is 60.7 Å². The lowest BCUT2D eigenvalue weighted by atomic mass is 10.0. The molecule has 1 heterocycles. The monoisotopic (exact) mass is 438 g/mol. The summed E-state index contributed by atoms with van der Waals surface area (Å²) in [5, 5.41) is 9.87. The number of nitrogens with one attached hydrogen (secondary N) is 2. The van der Waals surface area contributed by atoms with Gasteiger partial charge < -0.3 is 0 Å². The van der Waals surface area contributed by atoms with Crippen LogP contribution in [-0.4, -0.2) is 19.5 Å². The third-order valence-electron chi connectivity index (χ3n) is 4.53. The summed E-state index contributed by atoms with van der Waals surface area (Å²) in [4.78, 5) is 12.6. The first-order chi connectivity index (χ1) is 14.5. The van der Waals surface area contributed by atoms with Gasteiger partial charge in [-0.2, -0.15) is 0 Å². The minimum absolute atomic E-state index is 0.140. The molecule has 0 saturated heterocycles. The molecule has 152 valence electrons. The van der Waals surface area contributed by atoms with Crippen molar-refractivity contribution in [1.82, 2.24) is 5.48 Å². The van der Waals surface area contributed by atoms with Crippen LogP contribution >= 0.6 is 11.3 Å². The summed E-state index contributed by atoms with van der Waals surface area (Å²) < 4.78 is 28.6. The lowest BCUT2D eigenvalue weighted by Crippen LogP contribution is -2.17. The molecule has 0 aliphatic heterocycles. The Morgan fingerprint density at radius 2 is 1.60 bits per heavy atom. The van der Waals surface area contributed by atoms with Gasteiger partial charge in [0.15, 0.2) is 0 Å². The third-order valence-corrected chi connectivity index (χ3v) is 6.96. The fraction of sp³-hybridized carbons (Fsp3) is 0.0455. The van der Waals surface area contributed by atoms with Crippen molar-refractivity contribution in [3.63, 3.8) is 0 Å². The maximum atomic E-state index is 12.6. The number of carbonyl (C=O) groups is 1. The average molecular weight is 439 g/mol. The van der Waals surface area contributed by atoms with Gasteiger partial charge >= 0.3 is 0 Å². The molecule has 4 rings (SSSR count). The van der Waals surface area contributed by atoms with Gasteiger partial charge in [-0.05, 0) is 29.3 Å². The van der Waals surface area contributed by atoms with Gasteiger partial charge in [0.2, 0.25) is 10.0 Å². The quantitative estimate of drug-likeness (QED) is 0.302. The maximum absolute atomic E-state index is 12.6. The van der Waals surface area contributed by atoms with Crippen molar-refractivity contribution in [2.45, 2.75) is 5.75 Å². The van der Waals surface area contributed by atoms with Gasteiger partial charge in [-0.25, -0.2) is 13.9 Å². The number of amides is 1. The van der Waals surface area contributed by atoms with Crippen LogP contribution in [0.3, 0.4) is 0 Å². The van der Waals surface area contributed by atoms with Gasteiger partial charge in [0.05, 0.1) is 5.75 Å². The molecule has 3 N–H and O–H groups in total. The molecule has 0 atom stereocenters. The minimum Gasteiger partial charge on any atom is -0.288 e. The van der Waals surface area contributed by atoms with E-state index < -0.39 is 15.9 Å². The fourth-order valence-corrected chi connectivity index (χ4v) is 5.56. The third kappa shape index (κ3) is 4.20. The van der Waals surface area contributed by atoms with E-state index in [2.05, 4.69) is 4.72 Å². The van der Waals surface area contributed by atoms with E-state index in [4.69, 9.17) is 5.21 Å². The first-order valence-electron chi connectivity index (χ1n) is 9.08. The molecular weight excluding hydrogens is 420 g/mol. The molecule has 0 radical (unpaired) electrons. The van der Waals surface area contributed by atoms with Crippen LogP contribution in [0, 0.1) is 0 Å². The molecule has 3 aromatic carbocycles. The van der Waals surface area contributed by atoms with Crippen molar-refractivity contribution in [3.8, 4) is 11.1 Å². The molecule has 0 fully saturated rings. The van der Waals surface area contributed by atoms with Gasteiger partial charge in [0, 0.05) is 21.3 Å². The topological polar surface area (TPSA) is 95.5 Å². The highest BCUT2D eigenvalue weighted by Gasteiger charge is 2.20. The summed E-state index contributed by atoms with van der Waals surface area (Å²) in [7, 11) is -3.61. The van der Waals surface area contributed by atoms with Crippen molar-refractivity contribution in [3.05, 3.63) is 89.3 Å². The number of sulfonamides is 1. The number of fused-ring (bicyclic) bond motifs is 1. The molecule has 0 saturated carbocycles. The van der Waals surface area contributed by atoms with E-state index in [1.165, 1.54) is 11.3 Å². The molecule has 0 aliphatic carbocycles. The summed E-state index contributed by atoms with van der Waals surface area (Å²) in [6.07, 6.45) is 0. The molecule has 8 heteroatoms. The van der Waals surface area contributed by atoms with E-state index in [1.54, 1.807) is 47.9 Å². The summed E-state index contributed by atoms with van der Waals surface area (Å²) >= 11 is 1.23. The number of hydroxylamine groups is 1. The van der Waals surface area contributed by atoms with Gasteiger partial charge in [-0.3, -0.25) is 14.7 Å². The van der Waals surface area contributed by atoms with Crippen molar-refractivity contribution >= 4 is 43.0 Å². The zero-order valence-corrected chi connectivity index (χ0v) is 17.3. The highest BCUT2D eigenvalue weighted by Crippen LogP contribution is 2.40. The van der Waals surface area contributed by atoms with Crippen LogP contribution in [0.2, 0.25) is 0 Å². The Labute approximate surface area is 177 Å². The number of hydrogen-bond acceptors (Lipinski definition) is 5. The molecule has 6 nitrogen and oxygen atoms in total. The normalized spacial score (nSPS) is 11.4. The van der Waals surface area contributed by atoms with Crippen LogP contribution in [0.25, 0.3) is 21.2 Å². The SMILES string of the molecule is O=C(NO)c1sc2ccc(NS(=O)(=O)Cc3ccccc3)cc2c1-c1ccccc1. The first-order valence-corrected chi connectivity index (χ1v) is 11.5. The van der Waals surface area contributed by atoms with Crippen LogP contribution < -0.4 is 10.2 Å². The number of benzene rings is 3. The summed E-state index contributed by atoms with van der Waals surface area (Å²) in [6.45, 7) is 0. The number of carbonyl (C=O) groups excluding carboxylic acids is 1. The second kappa shape index (κ2) is 8.27. The predicted octanol–water partition coefficient (Wildman–Crippen LogP) is 4.63. The Morgan fingerprint density at radius 3 is 2.27 bits per heavy atom. The highest BCUT2D eigenvalue weighted by molar-refractivity contribution is 7.91. The Kier molecular flexibility index (Phi) is 5.54. The van der Waals surface area contributed by atoms with Crippen molar-refractivity contribution < 1.29 is 18.4 Å². The average Bonchev–Trinajstić information content (AvgIpc) is 3.12. The van der Waals surface area contributed by atoms with Crippen molar-refractivity contribution in [1.29, 1.82) is 0 Å². The minimum atomic E-state index is -3.61. The van der Waals surface area contributed by atoms with E-state index in [0.29, 0.717) is 21.7 Å². The van der Waals surface area contributed by atoms with Gasteiger partial charge in [0.25, 0.3) is 5.91 Å². The Balaban J connectivity index is 1.76. The second-order valence-corrected chi connectivity index (χ2v) is 9.45. The molecular formula is C22H18N2O4S2. The van der Waals surface area contributed by atoms with Crippen molar-refractivity contribution in [2.75, 3.05) is 4.72 Å². The Morgan fingerprint density at radius 1 is 0.933 bits per heavy atom. The van der Waals surface area contributed by atoms with Crippen LogP contribution in [0.5, 0.6) is 0 Å². The van der Waals surface area contributed by atoms with E-state index >= 15 is 0 Å².